The standard InChI is InChI=1S/C41H29NO/c1-26-23-29(24-36-35-16-8-10-18-40(35)43-41(26)36)28-19-20-34-33-15-7-9-17-37(33)42(39(34)25-28)38-22-21-30(27-11-3-2-4-12-27)31-13-5-6-14-32(31)38/h2-26,41H,1H3. The Morgan fingerprint density at radius 2 is 1.28 bits per heavy atom. The highest BCUT2D eigenvalue weighted by Gasteiger charge is 2.34. The van der Waals surface area contributed by atoms with Gasteiger partial charge in [-0.25, -0.2) is 0 Å². The van der Waals surface area contributed by atoms with E-state index in [0.29, 0.717) is 0 Å². The third kappa shape index (κ3) is 3.66. The second-order valence-electron chi connectivity index (χ2n) is 11.7. The Labute approximate surface area is 250 Å². The zero-order chi connectivity index (χ0) is 28.5. The largest absolute Gasteiger partial charge is 0.484 e. The molecule has 204 valence electrons. The van der Waals surface area contributed by atoms with Gasteiger partial charge in [0.25, 0.3) is 0 Å². The normalized spacial score (nSPS) is 17.4. The predicted molar refractivity (Wildman–Crippen MR) is 180 cm³/mol. The number of nitrogens with zero attached hydrogens (tertiary/aromatic N) is 1. The summed E-state index contributed by atoms with van der Waals surface area (Å²) >= 11 is 0. The van der Waals surface area contributed by atoms with Gasteiger partial charge in [0.05, 0.1) is 16.7 Å². The number of hydrogen-bond acceptors (Lipinski definition) is 1. The fourth-order valence-corrected chi connectivity index (χ4v) is 7.23. The van der Waals surface area contributed by atoms with E-state index in [1.165, 1.54) is 71.7 Å². The van der Waals surface area contributed by atoms with E-state index >= 15 is 0 Å². The van der Waals surface area contributed by atoms with E-state index in [4.69, 9.17) is 4.74 Å². The number of allylic oxidation sites excluding steroid dienone is 2. The molecule has 2 heteroatoms. The van der Waals surface area contributed by atoms with E-state index in [1.54, 1.807) is 0 Å². The Morgan fingerprint density at radius 1 is 0.558 bits per heavy atom. The molecule has 0 saturated carbocycles. The fourth-order valence-electron chi connectivity index (χ4n) is 7.23. The molecule has 9 rings (SSSR count). The summed E-state index contributed by atoms with van der Waals surface area (Å²) < 4.78 is 8.82. The molecular formula is C41H29NO. The van der Waals surface area contributed by atoms with E-state index < -0.39 is 0 Å². The van der Waals surface area contributed by atoms with Crippen LogP contribution in [0.3, 0.4) is 0 Å². The quantitative estimate of drug-likeness (QED) is 0.213. The summed E-state index contributed by atoms with van der Waals surface area (Å²) in [4.78, 5) is 0. The van der Waals surface area contributed by atoms with Gasteiger partial charge in [-0.3, -0.25) is 0 Å². The zero-order valence-corrected chi connectivity index (χ0v) is 23.9. The summed E-state index contributed by atoms with van der Waals surface area (Å²) in [6, 6.07) is 48.2. The number of rotatable bonds is 3. The first-order valence-corrected chi connectivity index (χ1v) is 15.1. The topological polar surface area (TPSA) is 14.2 Å². The van der Waals surface area contributed by atoms with Crippen molar-refractivity contribution in [2.24, 2.45) is 5.92 Å². The van der Waals surface area contributed by atoms with Gasteiger partial charge in [0, 0.05) is 33.2 Å². The average molecular weight is 552 g/mol. The lowest BCUT2D eigenvalue weighted by Gasteiger charge is -2.23. The minimum Gasteiger partial charge on any atom is -0.484 e. The highest BCUT2D eigenvalue weighted by molar-refractivity contribution is 6.12. The summed E-state index contributed by atoms with van der Waals surface area (Å²) in [5.74, 6) is 1.26. The van der Waals surface area contributed by atoms with Crippen molar-refractivity contribution in [2.75, 3.05) is 0 Å². The van der Waals surface area contributed by atoms with Crippen LogP contribution in [0.5, 0.6) is 5.75 Å². The van der Waals surface area contributed by atoms with Crippen molar-refractivity contribution >= 4 is 43.7 Å². The summed E-state index contributed by atoms with van der Waals surface area (Å²) in [5.41, 5.74) is 11.1. The Kier molecular flexibility index (Phi) is 5.27. The molecule has 7 aromatic rings. The van der Waals surface area contributed by atoms with Crippen molar-refractivity contribution in [1.82, 2.24) is 4.57 Å². The van der Waals surface area contributed by atoms with Crippen molar-refractivity contribution < 1.29 is 4.74 Å². The summed E-state index contributed by atoms with van der Waals surface area (Å²) in [5, 5.41) is 5.03. The second-order valence-corrected chi connectivity index (χ2v) is 11.7. The van der Waals surface area contributed by atoms with Crippen LogP contribution in [-0.4, -0.2) is 10.7 Å². The van der Waals surface area contributed by atoms with Gasteiger partial charge in [0.1, 0.15) is 11.9 Å². The molecule has 0 amide bonds. The zero-order valence-electron chi connectivity index (χ0n) is 23.9. The van der Waals surface area contributed by atoms with Gasteiger partial charge in [-0.05, 0) is 58.0 Å². The minimum absolute atomic E-state index is 0.0748. The Morgan fingerprint density at radius 3 is 2.16 bits per heavy atom. The maximum absolute atomic E-state index is 6.36. The van der Waals surface area contributed by atoms with Crippen LogP contribution in [-0.2, 0) is 0 Å². The second kappa shape index (κ2) is 9.34. The molecule has 2 heterocycles. The van der Waals surface area contributed by atoms with Crippen molar-refractivity contribution in [3.05, 3.63) is 157 Å². The molecule has 2 atom stereocenters. The number of fused-ring (bicyclic) bond motifs is 7. The third-order valence-corrected chi connectivity index (χ3v) is 9.22. The molecule has 0 bridgehead atoms. The number of ether oxygens (including phenoxy) is 1. The van der Waals surface area contributed by atoms with Crippen LogP contribution in [0, 0.1) is 5.92 Å². The lowest BCUT2D eigenvalue weighted by molar-refractivity contribution is 0.236. The van der Waals surface area contributed by atoms with Crippen LogP contribution in [0.2, 0.25) is 0 Å². The predicted octanol–water partition coefficient (Wildman–Crippen LogP) is 10.5. The first kappa shape index (κ1) is 24.3. The highest BCUT2D eigenvalue weighted by atomic mass is 16.5. The Balaban J connectivity index is 1.27. The molecule has 2 nitrogen and oxygen atoms in total. The van der Waals surface area contributed by atoms with E-state index in [-0.39, 0.29) is 12.0 Å². The Bertz CT molecular complexity index is 2280. The van der Waals surface area contributed by atoms with Gasteiger partial charge in [-0.1, -0.05) is 122 Å². The summed E-state index contributed by atoms with van der Waals surface area (Å²) in [7, 11) is 0. The SMILES string of the molecule is CC1C=C(c2ccc3c4ccccc4n(-c4ccc(-c5ccccc5)c5ccccc45)c3c2)C=C2c3ccccc3OC21. The summed E-state index contributed by atoms with van der Waals surface area (Å²) in [6.45, 7) is 2.26. The van der Waals surface area contributed by atoms with Gasteiger partial charge in [-0.2, -0.15) is 0 Å². The molecule has 0 fully saturated rings. The van der Waals surface area contributed by atoms with Crippen LogP contribution < -0.4 is 4.74 Å². The molecule has 1 aliphatic heterocycles. The molecule has 0 saturated heterocycles. The molecule has 1 aromatic heterocycles. The van der Waals surface area contributed by atoms with E-state index in [9.17, 15) is 0 Å². The number of benzene rings is 6. The number of para-hydroxylation sites is 2. The monoisotopic (exact) mass is 551 g/mol. The van der Waals surface area contributed by atoms with Gasteiger partial charge in [0.2, 0.25) is 0 Å². The molecular weight excluding hydrogens is 522 g/mol. The van der Waals surface area contributed by atoms with E-state index in [0.717, 1.165) is 5.75 Å². The van der Waals surface area contributed by atoms with Crippen molar-refractivity contribution in [1.29, 1.82) is 0 Å². The molecule has 43 heavy (non-hydrogen) atoms. The van der Waals surface area contributed by atoms with E-state index in [1.807, 2.05) is 0 Å². The fraction of sp³-hybridized carbons (Fsp3) is 0.0732. The number of hydrogen-bond donors (Lipinski definition) is 0. The smallest absolute Gasteiger partial charge is 0.130 e. The molecule has 2 unspecified atom stereocenters. The average Bonchev–Trinajstić information content (AvgIpc) is 3.61. The van der Waals surface area contributed by atoms with Crippen LogP contribution >= 0.6 is 0 Å². The van der Waals surface area contributed by atoms with Crippen molar-refractivity contribution in [2.45, 2.75) is 13.0 Å². The maximum atomic E-state index is 6.36. The summed E-state index contributed by atoms with van der Waals surface area (Å²) in [6.07, 6.45) is 4.79. The molecule has 2 aliphatic rings. The maximum Gasteiger partial charge on any atom is 0.130 e. The lowest BCUT2D eigenvalue weighted by atomic mass is 9.84. The first-order chi connectivity index (χ1) is 21.2. The number of aromatic nitrogens is 1. The minimum atomic E-state index is 0.0748. The highest BCUT2D eigenvalue weighted by Crippen LogP contribution is 2.46. The molecule has 0 radical (unpaired) electrons. The van der Waals surface area contributed by atoms with Gasteiger partial charge < -0.3 is 9.30 Å². The van der Waals surface area contributed by atoms with Gasteiger partial charge in [-0.15, -0.1) is 0 Å². The van der Waals surface area contributed by atoms with Crippen LogP contribution in [0.1, 0.15) is 18.1 Å². The van der Waals surface area contributed by atoms with Crippen molar-refractivity contribution in [3.63, 3.8) is 0 Å². The molecule has 0 N–H and O–H groups in total. The lowest BCUT2D eigenvalue weighted by Crippen LogP contribution is -2.23. The first-order valence-electron chi connectivity index (χ1n) is 15.1. The van der Waals surface area contributed by atoms with Gasteiger partial charge >= 0.3 is 0 Å². The van der Waals surface area contributed by atoms with Crippen molar-refractivity contribution in [3.8, 4) is 22.6 Å². The van der Waals surface area contributed by atoms with Crippen LogP contribution in [0.15, 0.2) is 146 Å². The Hall–Kier alpha value is -5.34. The molecule has 6 aromatic carbocycles. The van der Waals surface area contributed by atoms with Crippen LogP contribution in [0.4, 0.5) is 0 Å². The van der Waals surface area contributed by atoms with Crippen LogP contribution in [0.25, 0.3) is 60.5 Å². The van der Waals surface area contributed by atoms with Gasteiger partial charge in [0.15, 0.2) is 0 Å². The van der Waals surface area contributed by atoms with E-state index in [2.05, 4.69) is 157 Å². The molecule has 0 spiro atoms. The molecule has 1 aliphatic carbocycles. The third-order valence-electron chi connectivity index (χ3n) is 9.22.